The van der Waals surface area contributed by atoms with E-state index in [1.165, 1.54) is 6.33 Å². The van der Waals surface area contributed by atoms with E-state index in [1.54, 1.807) is 16.7 Å². The van der Waals surface area contributed by atoms with E-state index in [-0.39, 0.29) is 17.6 Å². The van der Waals surface area contributed by atoms with Crippen LogP contribution in [-0.2, 0) is 6.54 Å². The second kappa shape index (κ2) is 5.47. The first-order valence-corrected chi connectivity index (χ1v) is 6.50. The number of ketones is 1. The average Bonchev–Trinajstić information content (AvgIpc) is 2.90. The lowest BCUT2D eigenvalue weighted by atomic mass is 10.1. The molecule has 0 aliphatic carbocycles. The van der Waals surface area contributed by atoms with Gasteiger partial charge < -0.3 is 9.99 Å². The molecule has 1 aromatic carbocycles. The molecule has 0 bridgehead atoms. The van der Waals surface area contributed by atoms with Crippen LogP contribution in [0.3, 0.4) is 0 Å². The molecule has 0 fully saturated rings. The minimum Gasteiger partial charge on any atom is -0.307 e. The standard InChI is InChI=1S/C13H11ClN6O/c14-13-17-11(19-15)10-12(18-13)20(7-16-10)6-9(21)8-4-2-1-3-5-8/h1-5,7H,6,15H2,(H,17,18,19). The summed E-state index contributed by atoms with van der Waals surface area (Å²) < 4.78 is 1.61. The molecule has 3 N–H and O–H groups in total. The number of Topliss-reactive ketones (excluding diaryl/α,β-unsaturated/α-hetero) is 1. The van der Waals surface area contributed by atoms with E-state index in [0.29, 0.717) is 22.5 Å². The number of benzene rings is 1. The summed E-state index contributed by atoms with van der Waals surface area (Å²) in [5.74, 6) is 5.64. The van der Waals surface area contributed by atoms with Gasteiger partial charge in [0.2, 0.25) is 5.28 Å². The summed E-state index contributed by atoms with van der Waals surface area (Å²) in [4.78, 5) is 24.4. The summed E-state index contributed by atoms with van der Waals surface area (Å²) in [6.07, 6.45) is 1.51. The Morgan fingerprint density at radius 1 is 1.29 bits per heavy atom. The lowest BCUT2D eigenvalue weighted by Gasteiger charge is -2.04. The summed E-state index contributed by atoms with van der Waals surface area (Å²) in [6, 6.07) is 9.01. The van der Waals surface area contributed by atoms with Gasteiger partial charge in [0.1, 0.15) is 0 Å². The topological polar surface area (TPSA) is 98.7 Å². The van der Waals surface area contributed by atoms with Gasteiger partial charge in [0, 0.05) is 5.56 Å². The third-order valence-electron chi connectivity index (χ3n) is 2.98. The van der Waals surface area contributed by atoms with E-state index < -0.39 is 0 Å². The van der Waals surface area contributed by atoms with Gasteiger partial charge in [-0.2, -0.15) is 9.97 Å². The fourth-order valence-corrected chi connectivity index (χ4v) is 2.17. The molecule has 0 saturated heterocycles. The van der Waals surface area contributed by atoms with Gasteiger partial charge in [0.15, 0.2) is 22.8 Å². The number of aromatic nitrogens is 4. The number of nitrogen functional groups attached to an aromatic ring is 1. The van der Waals surface area contributed by atoms with Gasteiger partial charge in [-0.1, -0.05) is 30.3 Å². The monoisotopic (exact) mass is 302 g/mol. The number of nitrogens with two attached hydrogens (primary N) is 1. The van der Waals surface area contributed by atoms with Crippen LogP contribution in [0.15, 0.2) is 36.7 Å². The number of carbonyl (C=O) groups is 1. The fourth-order valence-electron chi connectivity index (χ4n) is 2.00. The second-order valence-electron chi connectivity index (χ2n) is 4.32. The highest BCUT2D eigenvalue weighted by Crippen LogP contribution is 2.20. The van der Waals surface area contributed by atoms with Crippen molar-refractivity contribution in [2.75, 3.05) is 5.43 Å². The number of nitrogens with one attached hydrogen (secondary N) is 1. The van der Waals surface area contributed by atoms with Gasteiger partial charge in [-0.3, -0.25) is 4.79 Å². The molecule has 0 atom stereocenters. The Labute approximate surface area is 124 Å². The number of hydrazine groups is 1. The SMILES string of the molecule is NNc1nc(Cl)nc2c1ncn2CC(=O)c1ccccc1. The summed E-state index contributed by atoms with van der Waals surface area (Å²) in [6.45, 7) is 0.109. The maximum atomic E-state index is 12.2. The number of anilines is 1. The van der Waals surface area contributed by atoms with Gasteiger partial charge in [0.25, 0.3) is 0 Å². The quantitative estimate of drug-likeness (QED) is 0.329. The number of imidazole rings is 1. The van der Waals surface area contributed by atoms with Crippen LogP contribution in [0.2, 0.25) is 5.28 Å². The highest BCUT2D eigenvalue weighted by atomic mass is 35.5. The zero-order valence-electron chi connectivity index (χ0n) is 10.8. The van der Waals surface area contributed by atoms with Crippen molar-refractivity contribution in [2.24, 2.45) is 5.84 Å². The van der Waals surface area contributed by atoms with Crippen LogP contribution >= 0.6 is 11.6 Å². The molecule has 106 valence electrons. The van der Waals surface area contributed by atoms with Crippen molar-refractivity contribution in [1.29, 1.82) is 0 Å². The molecule has 0 spiro atoms. The first-order valence-electron chi connectivity index (χ1n) is 6.12. The van der Waals surface area contributed by atoms with E-state index in [2.05, 4.69) is 20.4 Å². The van der Waals surface area contributed by atoms with E-state index in [1.807, 2.05) is 18.2 Å². The van der Waals surface area contributed by atoms with Gasteiger partial charge in [0.05, 0.1) is 12.9 Å². The predicted octanol–water partition coefficient (Wildman–Crippen LogP) is 1.65. The smallest absolute Gasteiger partial charge is 0.226 e. The molecule has 7 nitrogen and oxygen atoms in total. The maximum Gasteiger partial charge on any atom is 0.226 e. The molecule has 3 aromatic rings. The molecule has 2 heterocycles. The number of hydrogen-bond acceptors (Lipinski definition) is 6. The van der Waals surface area contributed by atoms with Crippen LogP contribution in [0.5, 0.6) is 0 Å². The Morgan fingerprint density at radius 2 is 2.05 bits per heavy atom. The Hall–Kier alpha value is -2.51. The number of fused-ring (bicyclic) bond motifs is 1. The van der Waals surface area contributed by atoms with E-state index >= 15 is 0 Å². The summed E-state index contributed by atoms with van der Waals surface area (Å²) in [7, 11) is 0. The molecule has 21 heavy (non-hydrogen) atoms. The number of halogens is 1. The third kappa shape index (κ3) is 2.56. The van der Waals surface area contributed by atoms with Crippen LogP contribution < -0.4 is 11.3 Å². The Balaban J connectivity index is 1.98. The molecule has 0 saturated carbocycles. The predicted molar refractivity (Wildman–Crippen MR) is 78.9 cm³/mol. The minimum atomic E-state index is -0.0492. The highest BCUT2D eigenvalue weighted by Gasteiger charge is 2.14. The van der Waals surface area contributed by atoms with Gasteiger partial charge in [-0.05, 0) is 11.6 Å². The molecule has 3 rings (SSSR count). The van der Waals surface area contributed by atoms with Crippen molar-refractivity contribution >= 4 is 34.4 Å². The average molecular weight is 303 g/mol. The molecule has 0 radical (unpaired) electrons. The van der Waals surface area contributed by atoms with Crippen LogP contribution in [0.4, 0.5) is 5.82 Å². The van der Waals surface area contributed by atoms with Crippen molar-refractivity contribution < 1.29 is 4.79 Å². The van der Waals surface area contributed by atoms with Crippen LogP contribution in [0.25, 0.3) is 11.2 Å². The summed E-state index contributed by atoms with van der Waals surface area (Å²) >= 11 is 5.84. The summed E-state index contributed by atoms with van der Waals surface area (Å²) in [5.41, 5.74) is 3.95. The lowest BCUT2D eigenvalue weighted by molar-refractivity contribution is 0.0973. The first-order chi connectivity index (χ1) is 10.2. The third-order valence-corrected chi connectivity index (χ3v) is 3.15. The van der Waals surface area contributed by atoms with Crippen molar-refractivity contribution in [1.82, 2.24) is 19.5 Å². The molecule has 8 heteroatoms. The fraction of sp³-hybridized carbons (Fsp3) is 0.0769. The molecular formula is C13H11ClN6O. The van der Waals surface area contributed by atoms with Gasteiger partial charge in [-0.15, -0.1) is 0 Å². The molecule has 0 unspecified atom stereocenters. The summed E-state index contributed by atoms with van der Waals surface area (Å²) in [5, 5.41) is 0.0318. The lowest BCUT2D eigenvalue weighted by Crippen LogP contribution is -2.12. The van der Waals surface area contributed by atoms with Crippen LogP contribution in [-0.4, -0.2) is 25.3 Å². The minimum absolute atomic E-state index is 0.0318. The van der Waals surface area contributed by atoms with Crippen molar-refractivity contribution in [3.63, 3.8) is 0 Å². The second-order valence-corrected chi connectivity index (χ2v) is 4.66. The van der Waals surface area contributed by atoms with Crippen molar-refractivity contribution in [3.05, 3.63) is 47.5 Å². The molecule has 0 aliphatic heterocycles. The number of nitrogens with zero attached hydrogens (tertiary/aromatic N) is 4. The molecular weight excluding hydrogens is 292 g/mol. The first kappa shape index (κ1) is 13.5. The van der Waals surface area contributed by atoms with Gasteiger partial charge >= 0.3 is 0 Å². The van der Waals surface area contributed by atoms with Gasteiger partial charge in [-0.25, -0.2) is 10.8 Å². The molecule has 0 amide bonds. The normalized spacial score (nSPS) is 10.8. The zero-order chi connectivity index (χ0) is 14.8. The Morgan fingerprint density at radius 3 is 2.76 bits per heavy atom. The largest absolute Gasteiger partial charge is 0.307 e. The van der Waals surface area contributed by atoms with E-state index in [4.69, 9.17) is 17.4 Å². The highest BCUT2D eigenvalue weighted by molar-refractivity contribution is 6.28. The molecule has 0 aliphatic rings. The maximum absolute atomic E-state index is 12.2. The van der Waals surface area contributed by atoms with E-state index in [9.17, 15) is 4.79 Å². The molecule has 2 aromatic heterocycles. The van der Waals surface area contributed by atoms with E-state index in [0.717, 1.165) is 0 Å². The number of carbonyl (C=O) groups excluding carboxylic acids is 1. The Bertz CT molecular complexity index is 801. The van der Waals surface area contributed by atoms with Crippen molar-refractivity contribution in [3.8, 4) is 0 Å². The Kier molecular flexibility index (Phi) is 3.51. The number of rotatable bonds is 4. The van der Waals surface area contributed by atoms with Crippen LogP contribution in [0.1, 0.15) is 10.4 Å². The zero-order valence-corrected chi connectivity index (χ0v) is 11.6. The van der Waals surface area contributed by atoms with Crippen LogP contribution in [0, 0.1) is 0 Å². The number of hydrogen-bond donors (Lipinski definition) is 2. The van der Waals surface area contributed by atoms with Crippen molar-refractivity contribution in [2.45, 2.75) is 6.54 Å².